The van der Waals surface area contributed by atoms with E-state index in [2.05, 4.69) is 12.2 Å². The molecule has 1 aromatic heterocycles. The van der Waals surface area contributed by atoms with Crippen LogP contribution >= 0.6 is 0 Å². The minimum Gasteiger partial charge on any atom is -0.454 e. The molecule has 152 valence electrons. The first kappa shape index (κ1) is 19.3. The van der Waals surface area contributed by atoms with Crippen LogP contribution in [0.3, 0.4) is 0 Å². The standard InChI is InChI=1S/C23H27N3O3/c1-3-4-5-10-22-25-18-8-6-7-9-19(18)26(22)14-23(27)24-16(2)17-11-12-20-21(13-17)29-15-28-20/h6-9,11-13,16H,3-5,10,14-15H2,1-2H3,(H,24,27)/t16-/m0/s1. The first-order valence-corrected chi connectivity index (χ1v) is 10.3. The van der Waals surface area contributed by atoms with Crippen LogP contribution in [-0.2, 0) is 17.8 Å². The molecule has 4 rings (SSSR count). The fourth-order valence-corrected chi connectivity index (χ4v) is 3.72. The number of unbranched alkanes of at least 4 members (excludes halogenated alkanes) is 2. The summed E-state index contributed by atoms with van der Waals surface area (Å²) in [5.41, 5.74) is 2.93. The highest BCUT2D eigenvalue weighted by Gasteiger charge is 2.18. The largest absolute Gasteiger partial charge is 0.454 e. The molecule has 6 nitrogen and oxygen atoms in total. The number of rotatable bonds is 8. The van der Waals surface area contributed by atoms with Crippen molar-refractivity contribution < 1.29 is 14.3 Å². The van der Waals surface area contributed by atoms with Crippen LogP contribution in [0.2, 0.25) is 0 Å². The summed E-state index contributed by atoms with van der Waals surface area (Å²) < 4.78 is 12.9. The Labute approximate surface area is 170 Å². The zero-order valence-electron chi connectivity index (χ0n) is 17.0. The molecule has 0 bridgehead atoms. The van der Waals surface area contributed by atoms with Gasteiger partial charge in [-0.05, 0) is 43.2 Å². The van der Waals surface area contributed by atoms with Crippen LogP contribution in [0.5, 0.6) is 11.5 Å². The number of aromatic nitrogens is 2. The first-order chi connectivity index (χ1) is 14.2. The van der Waals surface area contributed by atoms with E-state index in [1.165, 1.54) is 0 Å². The molecule has 0 unspecified atom stereocenters. The van der Waals surface area contributed by atoms with Gasteiger partial charge < -0.3 is 19.4 Å². The lowest BCUT2D eigenvalue weighted by molar-refractivity contribution is -0.122. The van der Waals surface area contributed by atoms with Crippen LogP contribution in [0.4, 0.5) is 0 Å². The number of benzene rings is 2. The molecule has 1 N–H and O–H groups in total. The number of carbonyl (C=O) groups excluding carboxylic acids is 1. The van der Waals surface area contributed by atoms with E-state index in [-0.39, 0.29) is 25.3 Å². The summed E-state index contributed by atoms with van der Waals surface area (Å²) in [6.07, 6.45) is 4.28. The van der Waals surface area contributed by atoms with Crippen LogP contribution < -0.4 is 14.8 Å². The van der Waals surface area contributed by atoms with Crippen LogP contribution in [0.1, 0.15) is 50.5 Å². The highest BCUT2D eigenvalue weighted by molar-refractivity contribution is 5.81. The number of hydrogen-bond acceptors (Lipinski definition) is 4. The van der Waals surface area contributed by atoms with E-state index in [1.807, 2.05) is 54.0 Å². The van der Waals surface area contributed by atoms with Crippen LogP contribution in [-0.4, -0.2) is 22.3 Å². The quantitative estimate of drug-likeness (QED) is 0.577. The lowest BCUT2D eigenvalue weighted by atomic mass is 10.1. The molecule has 0 fully saturated rings. The van der Waals surface area contributed by atoms with Gasteiger partial charge in [-0.25, -0.2) is 4.98 Å². The fourth-order valence-electron chi connectivity index (χ4n) is 3.72. The number of imidazole rings is 1. The third-order valence-corrected chi connectivity index (χ3v) is 5.31. The first-order valence-electron chi connectivity index (χ1n) is 10.3. The molecule has 1 aliphatic rings. The van der Waals surface area contributed by atoms with E-state index < -0.39 is 0 Å². The summed E-state index contributed by atoms with van der Waals surface area (Å²) >= 11 is 0. The van der Waals surface area contributed by atoms with E-state index in [0.29, 0.717) is 0 Å². The normalized spacial score (nSPS) is 13.6. The van der Waals surface area contributed by atoms with E-state index in [4.69, 9.17) is 14.5 Å². The summed E-state index contributed by atoms with van der Waals surface area (Å²) in [7, 11) is 0. The van der Waals surface area contributed by atoms with Crippen molar-refractivity contribution in [1.82, 2.24) is 14.9 Å². The number of nitrogens with zero attached hydrogens (tertiary/aromatic N) is 2. The maximum Gasteiger partial charge on any atom is 0.240 e. The van der Waals surface area contributed by atoms with Gasteiger partial charge in [-0.3, -0.25) is 4.79 Å². The van der Waals surface area contributed by atoms with E-state index >= 15 is 0 Å². The van der Waals surface area contributed by atoms with Crippen LogP contribution in [0.15, 0.2) is 42.5 Å². The van der Waals surface area contributed by atoms with Gasteiger partial charge in [-0.2, -0.15) is 0 Å². The second-order valence-corrected chi connectivity index (χ2v) is 7.46. The Morgan fingerprint density at radius 1 is 1.17 bits per heavy atom. The van der Waals surface area contributed by atoms with Gasteiger partial charge in [0.15, 0.2) is 11.5 Å². The summed E-state index contributed by atoms with van der Waals surface area (Å²) in [6.45, 7) is 4.67. The lowest BCUT2D eigenvalue weighted by Crippen LogP contribution is -2.30. The minimum atomic E-state index is -0.129. The molecular formula is C23H27N3O3. The zero-order chi connectivity index (χ0) is 20.2. The Bertz CT molecular complexity index is 1010. The van der Waals surface area contributed by atoms with Crippen molar-refractivity contribution in [1.29, 1.82) is 0 Å². The number of ether oxygens (including phenoxy) is 2. The summed E-state index contributed by atoms with van der Waals surface area (Å²) in [4.78, 5) is 17.6. The summed E-state index contributed by atoms with van der Waals surface area (Å²) in [5.74, 6) is 2.41. The van der Waals surface area contributed by atoms with Gasteiger partial charge in [0.25, 0.3) is 0 Å². The van der Waals surface area contributed by atoms with Gasteiger partial charge >= 0.3 is 0 Å². The maximum atomic E-state index is 12.8. The van der Waals surface area contributed by atoms with E-state index in [0.717, 1.165) is 59.6 Å². The second kappa shape index (κ2) is 8.55. The molecule has 3 aromatic rings. The topological polar surface area (TPSA) is 65.4 Å². The van der Waals surface area contributed by atoms with E-state index in [1.54, 1.807) is 0 Å². The third kappa shape index (κ3) is 4.21. The molecule has 1 aliphatic heterocycles. The van der Waals surface area contributed by atoms with Crippen molar-refractivity contribution in [2.24, 2.45) is 0 Å². The van der Waals surface area contributed by atoms with Crippen molar-refractivity contribution in [3.05, 3.63) is 53.9 Å². The van der Waals surface area contributed by atoms with E-state index in [9.17, 15) is 4.79 Å². The van der Waals surface area contributed by atoms with Crippen molar-refractivity contribution in [3.8, 4) is 11.5 Å². The SMILES string of the molecule is CCCCCc1nc2ccccc2n1CC(=O)N[C@@H](C)c1ccc2c(c1)OCO2. The Morgan fingerprint density at radius 3 is 2.86 bits per heavy atom. The van der Waals surface area contributed by atoms with Gasteiger partial charge in [-0.15, -0.1) is 0 Å². The van der Waals surface area contributed by atoms with Gasteiger partial charge in [0, 0.05) is 6.42 Å². The highest BCUT2D eigenvalue weighted by Crippen LogP contribution is 2.34. The number of amides is 1. The number of aryl methyl sites for hydroxylation is 1. The number of fused-ring (bicyclic) bond motifs is 2. The number of para-hydroxylation sites is 2. The molecule has 29 heavy (non-hydrogen) atoms. The monoisotopic (exact) mass is 393 g/mol. The molecule has 0 radical (unpaired) electrons. The lowest BCUT2D eigenvalue weighted by Gasteiger charge is -2.16. The molecular weight excluding hydrogens is 366 g/mol. The smallest absolute Gasteiger partial charge is 0.240 e. The Hall–Kier alpha value is -3.02. The van der Waals surface area contributed by atoms with Crippen molar-refractivity contribution >= 4 is 16.9 Å². The summed E-state index contributed by atoms with van der Waals surface area (Å²) in [5, 5.41) is 3.10. The molecule has 0 saturated carbocycles. The Kier molecular flexibility index (Phi) is 5.69. The predicted octanol–water partition coefficient (Wildman–Crippen LogP) is 4.38. The zero-order valence-corrected chi connectivity index (χ0v) is 17.0. The molecule has 1 amide bonds. The van der Waals surface area contributed by atoms with Gasteiger partial charge in [-0.1, -0.05) is 38.0 Å². The van der Waals surface area contributed by atoms with Gasteiger partial charge in [0.1, 0.15) is 12.4 Å². The molecule has 0 saturated heterocycles. The molecule has 6 heteroatoms. The minimum absolute atomic E-state index is 0.0324. The van der Waals surface area contributed by atoms with Crippen molar-refractivity contribution in [2.45, 2.75) is 52.1 Å². The predicted molar refractivity (Wildman–Crippen MR) is 112 cm³/mol. The maximum absolute atomic E-state index is 12.8. The molecule has 0 spiro atoms. The fraction of sp³-hybridized carbons (Fsp3) is 0.391. The van der Waals surface area contributed by atoms with Crippen LogP contribution in [0, 0.1) is 0 Å². The van der Waals surface area contributed by atoms with Crippen LogP contribution in [0.25, 0.3) is 11.0 Å². The van der Waals surface area contributed by atoms with Crippen molar-refractivity contribution in [3.63, 3.8) is 0 Å². The van der Waals surface area contributed by atoms with Gasteiger partial charge in [0.05, 0.1) is 17.1 Å². The number of nitrogens with one attached hydrogen (secondary N) is 1. The van der Waals surface area contributed by atoms with Gasteiger partial charge in [0.2, 0.25) is 12.7 Å². The average Bonchev–Trinajstić information content (AvgIpc) is 3.32. The Balaban J connectivity index is 1.48. The Morgan fingerprint density at radius 2 is 2.00 bits per heavy atom. The summed E-state index contributed by atoms with van der Waals surface area (Å²) in [6, 6.07) is 13.6. The highest BCUT2D eigenvalue weighted by atomic mass is 16.7. The third-order valence-electron chi connectivity index (χ3n) is 5.31. The average molecular weight is 393 g/mol. The number of hydrogen-bond donors (Lipinski definition) is 1. The number of carbonyl (C=O) groups is 1. The molecule has 1 atom stereocenters. The second-order valence-electron chi connectivity index (χ2n) is 7.46. The molecule has 2 aromatic carbocycles. The van der Waals surface area contributed by atoms with Crippen molar-refractivity contribution in [2.75, 3.05) is 6.79 Å². The molecule has 2 heterocycles. The molecule has 0 aliphatic carbocycles.